The van der Waals surface area contributed by atoms with Gasteiger partial charge in [0, 0.05) is 48.0 Å². The number of carbonyl (C=O) groups is 1. The van der Waals surface area contributed by atoms with Gasteiger partial charge < -0.3 is 4.90 Å². The normalized spacial score (nSPS) is 16.0. The fourth-order valence-electron chi connectivity index (χ4n) is 2.71. The van der Waals surface area contributed by atoms with Crippen LogP contribution in [0.2, 0.25) is 5.02 Å². The summed E-state index contributed by atoms with van der Waals surface area (Å²) in [6.45, 7) is 6.21. The molecule has 1 aromatic heterocycles. The number of amides is 1. The Hall–Kier alpha value is -1.36. The van der Waals surface area contributed by atoms with E-state index in [1.807, 2.05) is 41.5 Å². The van der Waals surface area contributed by atoms with E-state index in [4.69, 9.17) is 11.6 Å². The highest BCUT2D eigenvalue weighted by Gasteiger charge is 2.22. The summed E-state index contributed by atoms with van der Waals surface area (Å²) in [7, 11) is 0. The van der Waals surface area contributed by atoms with Crippen LogP contribution in [0.25, 0.3) is 0 Å². The SMILES string of the molecule is Cc1cc(C(=O)N2CCN(Cc3ccccc3Cl)CC2)cs1. The number of piperazine rings is 1. The van der Waals surface area contributed by atoms with E-state index in [0.29, 0.717) is 0 Å². The van der Waals surface area contributed by atoms with Crippen molar-refractivity contribution < 1.29 is 4.79 Å². The average molecular weight is 335 g/mol. The summed E-state index contributed by atoms with van der Waals surface area (Å²) >= 11 is 7.84. The van der Waals surface area contributed by atoms with Crippen molar-refractivity contribution >= 4 is 28.8 Å². The molecule has 0 saturated carbocycles. The third-order valence-electron chi connectivity index (χ3n) is 3.99. The Labute approximate surface area is 140 Å². The van der Waals surface area contributed by atoms with Crippen molar-refractivity contribution in [3.05, 3.63) is 56.7 Å². The smallest absolute Gasteiger partial charge is 0.254 e. The number of hydrogen-bond donors (Lipinski definition) is 0. The maximum Gasteiger partial charge on any atom is 0.254 e. The Morgan fingerprint density at radius 2 is 1.95 bits per heavy atom. The minimum absolute atomic E-state index is 0.154. The van der Waals surface area contributed by atoms with Gasteiger partial charge in [0.15, 0.2) is 0 Å². The van der Waals surface area contributed by atoms with Crippen LogP contribution in [-0.2, 0) is 6.54 Å². The molecule has 116 valence electrons. The second-order valence-electron chi connectivity index (χ2n) is 5.61. The third kappa shape index (κ3) is 3.51. The quantitative estimate of drug-likeness (QED) is 0.855. The van der Waals surface area contributed by atoms with Crippen molar-refractivity contribution in [2.75, 3.05) is 26.2 Å². The number of hydrogen-bond acceptors (Lipinski definition) is 3. The maximum atomic E-state index is 12.4. The molecule has 3 rings (SSSR count). The van der Waals surface area contributed by atoms with E-state index < -0.39 is 0 Å². The highest BCUT2D eigenvalue weighted by Crippen LogP contribution is 2.19. The standard InChI is InChI=1S/C17H19ClN2OS/c1-13-10-15(12-22-13)17(21)20-8-6-19(7-9-20)11-14-4-2-3-5-16(14)18/h2-5,10,12H,6-9,11H2,1H3. The first-order chi connectivity index (χ1) is 10.6. The minimum Gasteiger partial charge on any atom is -0.336 e. The number of carbonyl (C=O) groups excluding carboxylic acids is 1. The van der Waals surface area contributed by atoms with Crippen LogP contribution in [0.15, 0.2) is 35.7 Å². The summed E-state index contributed by atoms with van der Waals surface area (Å²) in [5, 5.41) is 2.77. The van der Waals surface area contributed by atoms with Gasteiger partial charge in [-0.05, 0) is 24.6 Å². The van der Waals surface area contributed by atoms with Gasteiger partial charge in [0.05, 0.1) is 5.56 Å². The second-order valence-corrected chi connectivity index (χ2v) is 7.13. The van der Waals surface area contributed by atoms with Crippen molar-refractivity contribution in [1.82, 2.24) is 9.80 Å². The van der Waals surface area contributed by atoms with Crippen LogP contribution in [0.1, 0.15) is 20.8 Å². The lowest BCUT2D eigenvalue weighted by atomic mass is 10.2. The molecule has 5 heteroatoms. The molecule has 2 aromatic rings. The van der Waals surface area contributed by atoms with Gasteiger partial charge in [-0.2, -0.15) is 0 Å². The molecule has 1 aliphatic heterocycles. The van der Waals surface area contributed by atoms with Crippen molar-refractivity contribution in [1.29, 1.82) is 0 Å². The highest BCUT2D eigenvalue weighted by atomic mass is 35.5. The van der Waals surface area contributed by atoms with E-state index in [0.717, 1.165) is 48.9 Å². The molecule has 0 N–H and O–H groups in total. The lowest BCUT2D eigenvalue weighted by Crippen LogP contribution is -2.48. The third-order valence-corrected chi connectivity index (χ3v) is 5.22. The summed E-state index contributed by atoms with van der Waals surface area (Å²) in [5.41, 5.74) is 1.97. The fraction of sp³-hybridized carbons (Fsp3) is 0.353. The van der Waals surface area contributed by atoms with Gasteiger partial charge in [-0.3, -0.25) is 9.69 Å². The summed E-state index contributed by atoms with van der Waals surface area (Å²) in [6, 6.07) is 9.93. The zero-order chi connectivity index (χ0) is 15.5. The van der Waals surface area contributed by atoms with Crippen LogP contribution >= 0.6 is 22.9 Å². The number of rotatable bonds is 3. The van der Waals surface area contributed by atoms with Gasteiger partial charge in [-0.1, -0.05) is 29.8 Å². The molecular formula is C17H19ClN2OS. The van der Waals surface area contributed by atoms with E-state index in [1.54, 1.807) is 11.3 Å². The first-order valence-electron chi connectivity index (χ1n) is 7.43. The number of nitrogens with zero attached hydrogens (tertiary/aromatic N) is 2. The van der Waals surface area contributed by atoms with Crippen molar-refractivity contribution in [2.45, 2.75) is 13.5 Å². The van der Waals surface area contributed by atoms with Crippen molar-refractivity contribution in [3.63, 3.8) is 0 Å². The number of benzene rings is 1. The molecule has 1 aromatic carbocycles. The summed E-state index contributed by atoms with van der Waals surface area (Å²) in [5.74, 6) is 0.154. The first kappa shape index (κ1) is 15.5. The Kier molecular flexibility index (Phi) is 4.81. The van der Waals surface area contributed by atoms with Crippen LogP contribution in [0, 0.1) is 6.92 Å². The second kappa shape index (κ2) is 6.82. The van der Waals surface area contributed by atoms with E-state index in [2.05, 4.69) is 11.0 Å². The van der Waals surface area contributed by atoms with Gasteiger partial charge in [0.2, 0.25) is 0 Å². The zero-order valence-electron chi connectivity index (χ0n) is 12.6. The predicted molar refractivity (Wildman–Crippen MR) is 91.7 cm³/mol. The maximum absolute atomic E-state index is 12.4. The Bertz CT molecular complexity index is 662. The largest absolute Gasteiger partial charge is 0.336 e. The van der Waals surface area contributed by atoms with Crippen molar-refractivity contribution in [2.24, 2.45) is 0 Å². The minimum atomic E-state index is 0.154. The van der Waals surface area contributed by atoms with E-state index in [-0.39, 0.29) is 5.91 Å². The lowest BCUT2D eigenvalue weighted by molar-refractivity contribution is 0.0629. The topological polar surface area (TPSA) is 23.6 Å². The van der Waals surface area contributed by atoms with Gasteiger partial charge >= 0.3 is 0 Å². The van der Waals surface area contributed by atoms with Crippen LogP contribution in [0.4, 0.5) is 0 Å². The van der Waals surface area contributed by atoms with Crippen LogP contribution in [-0.4, -0.2) is 41.9 Å². The predicted octanol–water partition coefficient (Wildman–Crippen LogP) is 3.67. The fourth-order valence-corrected chi connectivity index (χ4v) is 3.59. The molecule has 1 fully saturated rings. The molecule has 0 radical (unpaired) electrons. The Morgan fingerprint density at radius 1 is 1.23 bits per heavy atom. The van der Waals surface area contributed by atoms with Gasteiger partial charge in [0.1, 0.15) is 0 Å². The summed E-state index contributed by atoms with van der Waals surface area (Å²) in [4.78, 5) is 17.9. The molecule has 2 heterocycles. The molecule has 0 spiro atoms. The summed E-state index contributed by atoms with van der Waals surface area (Å²) < 4.78 is 0. The summed E-state index contributed by atoms with van der Waals surface area (Å²) in [6.07, 6.45) is 0. The lowest BCUT2D eigenvalue weighted by Gasteiger charge is -2.34. The number of halogens is 1. The molecule has 1 amide bonds. The molecular weight excluding hydrogens is 316 g/mol. The van der Waals surface area contributed by atoms with Gasteiger partial charge in [0.25, 0.3) is 5.91 Å². The zero-order valence-corrected chi connectivity index (χ0v) is 14.2. The molecule has 1 saturated heterocycles. The van der Waals surface area contributed by atoms with Crippen LogP contribution in [0.3, 0.4) is 0 Å². The molecule has 3 nitrogen and oxygen atoms in total. The number of aryl methyl sites for hydroxylation is 1. The Morgan fingerprint density at radius 3 is 2.59 bits per heavy atom. The average Bonchev–Trinajstić information content (AvgIpc) is 2.96. The molecule has 22 heavy (non-hydrogen) atoms. The van der Waals surface area contributed by atoms with Gasteiger partial charge in [-0.15, -0.1) is 11.3 Å². The molecule has 0 bridgehead atoms. The van der Waals surface area contributed by atoms with E-state index in [9.17, 15) is 4.79 Å². The monoisotopic (exact) mass is 334 g/mol. The van der Waals surface area contributed by atoms with Crippen LogP contribution < -0.4 is 0 Å². The van der Waals surface area contributed by atoms with Crippen LogP contribution in [0.5, 0.6) is 0 Å². The molecule has 0 aliphatic carbocycles. The van der Waals surface area contributed by atoms with Gasteiger partial charge in [-0.25, -0.2) is 0 Å². The first-order valence-corrected chi connectivity index (χ1v) is 8.69. The van der Waals surface area contributed by atoms with E-state index >= 15 is 0 Å². The molecule has 0 unspecified atom stereocenters. The molecule has 0 atom stereocenters. The molecule has 1 aliphatic rings. The highest BCUT2D eigenvalue weighted by molar-refractivity contribution is 7.10. The Balaban J connectivity index is 1.56. The van der Waals surface area contributed by atoms with Crippen molar-refractivity contribution in [3.8, 4) is 0 Å². The van der Waals surface area contributed by atoms with E-state index in [1.165, 1.54) is 4.88 Å². The number of thiophene rings is 1.